The molecule has 1 aromatic carbocycles. The quantitative estimate of drug-likeness (QED) is 0.795. The van der Waals surface area contributed by atoms with Crippen LogP contribution in [0.15, 0.2) is 42.9 Å². The molecule has 0 bridgehead atoms. The van der Waals surface area contributed by atoms with E-state index < -0.39 is 0 Å². The van der Waals surface area contributed by atoms with Crippen molar-refractivity contribution in [3.05, 3.63) is 54.4 Å². The van der Waals surface area contributed by atoms with Crippen LogP contribution in [0.25, 0.3) is 10.8 Å². The molecule has 0 saturated heterocycles. The van der Waals surface area contributed by atoms with Gasteiger partial charge in [-0.05, 0) is 18.4 Å². The number of rotatable bonds is 3. The molecule has 0 saturated carbocycles. The summed E-state index contributed by atoms with van der Waals surface area (Å²) >= 11 is 0. The third-order valence-corrected chi connectivity index (χ3v) is 3.37. The van der Waals surface area contributed by atoms with Crippen LogP contribution in [0.3, 0.4) is 0 Å². The number of nitrogens with one attached hydrogen (secondary N) is 1. The van der Waals surface area contributed by atoms with Gasteiger partial charge < -0.3 is 9.88 Å². The molecule has 1 atom stereocenters. The standard InChI is InChI=1S/C15H15N5O/c1-10(14-19-17-9-20(14)2)18-15(21)13-12-6-4-3-5-11(12)7-8-16-13/h3-10H,1-2H3,(H,18,21)/t10-/m0/s1. The number of benzene rings is 1. The summed E-state index contributed by atoms with van der Waals surface area (Å²) in [6.45, 7) is 1.87. The van der Waals surface area contributed by atoms with E-state index in [9.17, 15) is 4.79 Å². The van der Waals surface area contributed by atoms with Crippen molar-refractivity contribution in [2.24, 2.45) is 7.05 Å². The Labute approximate surface area is 121 Å². The molecular weight excluding hydrogens is 266 g/mol. The SMILES string of the molecule is C[C@H](NC(=O)c1nccc2ccccc12)c1nncn1C. The molecule has 3 rings (SSSR count). The van der Waals surface area contributed by atoms with E-state index in [0.717, 1.165) is 10.8 Å². The molecule has 0 aliphatic carbocycles. The molecule has 21 heavy (non-hydrogen) atoms. The van der Waals surface area contributed by atoms with Crippen LogP contribution in [-0.2, 0) is 7.05 Å². The van der Waals surface area contributed by atoms with Crippen molar-refractivity contribution in [3.8, 4) is 0 Å². The summed E-state index contributed by atoms with van der Waals surface area (Å²) in [4.78, 5) is 16.7. The van der Waals surface area contributed by atoms with Crippen molar-refractivity contribution < 1.29 is 4.79 Å². The Morgan fingerprint density at radius 3 is 2.86 bits per heavy atom. The second-order valence-electron chi connectivity index (χ2n) is 4.88. The number of carbonyl (C=O) groups is 1. The fraction of sp³-hybridized carbons (Fsp3) is 0.200. The first-order valence-corrected chi connectivity index (χ1v) is 6.65. The normalized spacial score (nSPS) is 12.3. The minimum atomic E-state index is -0.245. The fourth-order valence-corrected chi connectivity index (χ4v) is 2.31. The van der Waals surface area contributed by atoms with Gasteiger partial charge >= 0.3 is 0 Å². The molecule has 3 aromatic rings. The molecule has 2 aromatic heterocycles. The number of hydrogen-bond acceptors (Lipinski definition) is 4. The number of aromatic nitrogens is 4. The minimum Gasteiger partial charge on any atom is -0.341 e. The van der Waals surface area contributed by atoms with Crippen molar-refractivity contribution in [3.63, 3.8) is 0 Å². The maximum Gasteiger partial charge on any atom is 0.271 e. The Balaban J connectivity index is 1.89. The zero-order chi connectivity index (χ0) is 14.8. The van der Waals surface area contributed by atoms with Crippen molar-refractivity contribution >= 4 is 16.7 Å². The van der Waals surface area contributed by atoms with Gasteiger partial charge in [-0.2, -0.15) is 0 Å². The van der Waals surface area contributed by atoms with Crippen molar-refractivity contribution in [1.29, 1.82) is 0 Å². The van der Waals surface area contributed by atoms with Gasteiger partial charge in [0.15, 0.2) is 5.82 Å². The lowest BCUT2D eigenvalue weighted by atomic mass is 10.1. The number of amides is 1. The van der Waals surface area contributed by atoms with E-state index in [0.29, 0.717) is 11.5 Å². The number of pyridine rings is 1. The van der Waals surface area contributed by atoms with E-state index in [2.05, 4.69) is 20.5 Å². The second kappa shape index (κ2) is 5.32. The van der Waals surface area contributed by atoms with Gasteiger partial charge in [0.1, 0.15) is 12.0 Å². The molecular formula is C15H15N5O. The summed E-state index contributed by atoms with van der Waals surface area (Å²) in [5, 5.41) is 12.6. The molecule has 0 spiro atoms. The summed E-state index contributed by atoms with van der Waals surface area (Å²) in [6.07, 6.45) is 3.25. The van der Waals surface area contributed by atoms with E-state index >= 15 is 0 Å². The van der Waals surface area contributed by atoms with Crippen molar-refractivity contribution in [1.82, 2.24) is 25.1 Å². The van der Waals surface area contributed by atoms with Crippen molar-refractivity contribution in [2.75, 3.05) is 0 Å². The predicted octanol–water partition coefficient (Wildman–Crippen LogP) is 1.85. The molecule has 106 valence electrons. The monoisotopic (exact) mass is 281 g/mol. The van der Waals surface area contributed by atoms with Gasteiger partial charge in [-0.1, -0.05) is 24.3 Å². The summed E-state index contributed by atoms with van der Waals surface area (Å²) in [7, 11) is 1.84. The highest BCUT2D eigenvalue weighted by Gasteiger charge is 2.17. The Kier molecular flexibility index (Phi) is 3.35. The van der Waals surface area contributed by atoms with E-state index in [1.54, 1.807) is 17.1 Å². The average molecular weight is 281 g/mol. The summed E-state index contributed by atoms with van der Waals surface area (Å²) in [6, 6.07) is 9.33. The molecule has 6 heteroatoms. The number of hydrogen-bond donors (Lipinski definition) is 1. The molecule has 0 aliphatic heterocycles. The smallest absolute Gasteiger partial charge is 0.271 e. The Morgan fingerprint density at radius 1 is 1.29 bits per heavy atom. The van der Waals surface area contributed by atoms with Crippen LogP contribution in [0, 0.1) is 0 Å². The number of fused-ring (bicyclic) bond motifs is 1. The highest BCUT2D eigenvalue weighted by atomic mass is 16.1. The van der Waals surface area contributed by atoms with E-state index in [-0.39, 0.29) is 11.9 Å². The first-order chi connectivity index (χ1) is 10.2. The van der Waals surface area contributed by atoms with Crippen LogP contribution in [-0.4, -0.2) is 25.7 Å². The first kappa shape index (κ1) is 13.2. The van der Waals surface area contributed by atoms with E-state index in [1.165, 1.54) is 0 Å². The number of aryl methyl sites for hydroxylation is 1. The predicted molar refractivity (Wildman–Crippen MR) is 78.6 cm³/mol. The highest BCUT2D eigenvalue weighted by molar-refractivity contribution is 6.05. The Hall–Kier alpha value is -2.76. The molecule has 0 fully saturated rings. The van der Waals surface area contributed by atoms with E-state index in [4.69, 9.17) is 0 Å². The first-order valence-electron chi connectivity index (χ1n) is 6.65. The molecule has 0 aliphatic rings. The summed E-state index contributed by atoms with van der Waals surface area (Å²) < 4.78 is 1.78. The zero-order valence-electron chi connectivity index (χ0n) is 11.8. The number of nitrogens with zero attached hydrogens (tertiary/aromatic N) is 4. The minimum absolute atomic E-state index is 0.220. The Bertz CT molecular complexity index is 790. The topological polar surface area (TPSA) is 72.7 Å². The lowest BCUT2D eigenvalue weighted by Crippen LogP contribution is -2.29. The van der Waals surface area contributed by atoms with Crippen LogP contribution in [0.5, 0.6) is 0 Å². The fourth-order valence-electron chi connectivity index (χ4n) is 2.31. The van der Waals surface area contributed by atoms with Gasteiger partial charge in [0, 0.05) is 18.6 Å². The van der Waals surface area contributed by atoms with Gasteiger partial charge in [0.05, 0.1) is 6.04 Å². The number of carbonyl (C=O) groups excluding carboxylic acids is 1. The third kappa shape index (κ3) is 2.47. The van der Waals surface area contributed by atoms with Crippen LogP contribution in [0.1, 0.15) is 29.3 Å². The maximum absolute atomic E-state index is 12.4. The van der Waals surface area contributed by atoms with Crippen LogP contribution in [0.2, 0.25) is 0 Å². The van der Waals surface area contributed by atoms with Gasteiger partial charge in [0.25, 0.3) is 5.91 Å². The third-order valence-electron chi connectivity index (χ3n) is 3.37. The molecule has 0 radical (unpaired) electrons. The van der Waals surface area contributed by atoms with Gasteiger partial charge in [-0.25, -0.2) is 0 Å². The molecule has 1 N–H and O–H groups in total. The molecule has 0 unspecified atom stereocenters. The van der Waals surface area contributed by atoms with Crippen molar-refractivity contribution in [2.45, 2.75) is 13.0 Å². The average Bonchev–Trinajstić information content (AvgIpc) is 2.92. The second-order valence-corrected chi connectivity index (χ2v) is 4.88. The van der Waals surface area contributed by atoms with Gasteiger partial charge in [0.2, 0.25) is 0 Å². The summed E-state index contributed by atoms with van der Waals surface area (Å²) in [5.41, 5.74) is 0.419. The molecule has 1 amide bonds. The maximum atomic E-state index is 12.4. The lowest BCUT2D eigenvalue weighted by molar-refractivity contribution is 0.0934. The molecule has 2 heterocycles. The highest BCUT2D eigenvalue weighted by Crippen LogP contribution is 2.17. The summed E-state index contributed by atoms with van der Waals surface area (Å²) in [5.74, 6) is 0.478. The lowest BCUT2D eigenvalue weighted by Gasteiger charge is -2.13. The largest absolute Gasteiger partial charge is 0.341 e. The van der Waals surface area contributed by atoms with E-state index in [1.807, 2.05) is 44.3 Å². The van der Waals surface area contributed by atoms with Crippen LogP contribution >= 0.6 is 0 Å². The zero-order valence-corrected chi connectivity index (χ0v) is 11.8. The van der Waals surface area contributed by atoms with Gasteiger partial charge in [-0.3, -0.25) is 9.78 Å². The van der Waals surface area contributed by atoms with Crippen LogP contribution in [0.4, 0.5) is 0 Å². The van der Waals surface area contributed by atoms with Crippen LogP contribution < -0.4 is 5.32 Å². The van der Waals surface area contributed by atoms with Gasteiger partial charge in [-0.15, -0.1) is 10.2 Å². The molecule has 6 nitrogen and oxygen atoms in total. The Morgan fingerprint density at radius 2 is 2.10 bits per heavy atom.